The molecule has 0 fully saturated rings. The Morgan fingerprint density at radius 3 is 1.94 bits per heavy atom. The van der Waals surface area contributed by atoms with Crippen molar-refractivity contribution in [3.05, 3.63) is 23.8 Å². The Morgan fingerprint density at radius 1 is 0.794 bits per heavy atom. The number of carboxylic acid groups (broad SMARTS) is 1. The zero-order valence-corrected chi connectivity index (χ0v) is 21.6. The molecule has 0 unspecified atom stereocenters. The van der Waals surface area contributed by atoms with Gasteiger partial charge in [0.2, 0.25) is 0 Å². The van der Waals surface area contributed by atoms with Gasteiger partial charge in [-0.05, 0) is 50.2 Å². The molecule has 0 radical (unpaired) electrons. The number of rotatable bonds is 22. The Kier molecular flexibility index (Phi) is 18.3. The van der Waals surface area contributed by atoms with Crippen LogP contribution >= 0.6 is 0 Å². The van der Waals surface area contributed by atoms with E-state index in [0.29, 0.717) is 6.42 Å². The van der Waals surface area contributed by atoms with Crippen LogP contribution in [0.1, 0.15) is 116 Å². The Morgan fingerprint density at radius 2 is 1.35 bits per heavy atom. The average molecular weight is 481 g/mol. The zero-order valence-electron chi connectivity index (χ0n) is 21.6. The monoisotopic (exact) mass is 480 g/mol. The fourth-order valence-electron chi connectivity index (χ4n) is 3.98. The summed E-state index contributed by atoms with van der Waals surface area (Å²) < 4.78 is 16.8. The summed E-state index contributed by atoms with van der Waals surface area (Å²) in [5.74, 6) is -0.0869. The van der Waals surface area contributed by atoms with E-state index in [2.05, 4.69) is 18.6 Å². The molecule has 34 heavy (non-hydrogen) atoms. The molecule has 1 rings (SSSR count). The first-order valence-corrected chi connectivity index (χ1v) is 13.5. The molecule has 0 aliphatic heterocycles. The predicted octanol–water partition coefficient (Wildman–Crippen LogP) is 8.24. The Hall–Kier alpha value is -1.79. The van der Waals surface area contributed by atoms with Crippen LogP contribution in [0.3, 0.4) is 0 Å². The average Bonchev–Trinajstić information content (AvgIpc) is 2.82. The van der Waals surface area contributed by atoms with Gasteiger partial charge in [0, 0.05) is 13.2 Å². The molecule has 196 valence electrons. The molecule has 0 aliphatic rings. The van der Waals surface area contributed by atoms with Gasteiger partial charge in [-0.2, -0.15) is 0 Å². The van der Waals surface area contributed by atoms with Gasteiger partial charge in [-0.25, -0.2) is 4.79 Å². The predicted molar refractivity (Wildman–Crippen MR) is 137 cm³/mol. The summed E-state index contributed by atoms with van der Waals surface area (Å²) in [4.78, 5) is 10.7. The second-order valence-electron chi connectivity index (χ2n) is 9.08. The SMILES string of the molecule is CCCCCCCOC(CCCCCCc1cccc(OC(=O)O)c1O)OCCCCCCC. The van der Waals surface area contributed by atoms with Crippen LogP contribution in [0.2, 0.25) is 0 Å². The number of unbranched alkanes of at least 4 members (excludes halogenated alkanes) is 11. The molecule has 0 saturated carbocycles. The number of phenols is 1. The molecular formula is C28H48O6. The van der Waals surface area contributed by atoms with E-state index in [9.17, 15) is 9.90 Å². The lowest BCUT2D eigenvalue weighted by Gasteiger charge is -2.19. The van der Waals surface area contributed by atoms with Gasteiger partial charge in [0.05, 0.1) is 0 Å². The number of carbonyl (C=O) groups is 1. The molecule has 0 saturated heterocycles. The minimum atomic E-state index is -1.42. The Bertz CT molecular complexity index is 617. The summed E-state index contributed by atoms with van der Waals surface area (Å²) in [5, 5.41) is 18.9. The molecular weight excluding hydrogens is 432 g/mol. The molecule has 1 aromatic rings. The zero-order chi connectivity index (χ0) is 24.9. The largest absolute Gasteiger partial charge is 0.511 e. The van der Waals surface area contributed by atoms with Gasteiger partial charge < -0.3 is 24.4 Å². The van der Waals surface area contributed by atoms with Crippen molar-refractivity contribution < 1.29 is 29.2 Å². The third-order valence-corrected chi connectivity index (χ3v) is 6.02. The van der Waals surface area contributed by atoms with Crippen LogP contribution in [0.15, 0.2) is 18.2 Å². The van der Waals surface area contributed by atoms with E-state index in [1.807, 2.05) is 6.07 Å². The van der Waals surface area contributed by atoms with Crippen molar-refractivity contribution in [2.45, 2.75) is 123 Å². The summed E-state index contributed by atoms with van der Waals surface area (Å²) in [7, 11) is 0. The van der Waals surface area contributed by atoms with Gasteiger partial charge >= 0.3 is 6.16 Å². The molecule has 0 aromatic heterocycles. The van der Waals surface area contributed by atoms with Gasteiger partial charge in [0.15, 0.2) is 17.8 Å². The van der Waals surface area contributed by atoms with E-state index in [4.69, 9.17) is 14.6 Å². The van der Waals surface area contributed by atoms with Crippen molar-refractivity contribution in [1.29, 1.82) is 0 Å². The molecule has 0 atom stereocenters. The number of hydrogen-bond donors (Lipinski definition) is 2. The topological polar surface area (TPSA) is 85.2 Å². The van der Waals surface area contributed by atoms with E-state index >= 15 is 0 Å². The van der Waals surface area contributed by atoms with Crippen LogP contribution in [-0.2, 0) is 15.9 Å². The number of phenolic OH excluding ortho intramolecular Hbond substituents is 1. The van der Waals surface area contributed by atoms with Crippen molar-refractivity contribution in [3.63, 3.8) is 0 Å². The van der Waals surface area contributed by atoms with Gasteiger partial charge in [0.25, 0.3) is 0 Å². The highest BCUT2D eigenvalue weighted by molar-refractivity contribution is 5.63. The fraction of sp³-hybridized carbons (Fsp3) is 0.750. The van der Waals surface area contributed by atoms with E-state index < -0.39 is 6.16 Å². The Labute approximate surface area is 207 Å². The summed E-state index contributed by atoms with van der Waals surface area (Å²) in [6.45, 7) is 6.01. The highest BCUT2D eigenvalue weighted by atomic mass is 16.7. The quantitative estimate of drug-likeness (QED) is 0.0752. The van der Waals surface area contributed by atoms with Crippen molar-refractivity contribution in [1.82, 2.24) is 0 Å². The molecule has 6 nitrogen and oxygen atoms in total. The second-order valence-corrected chi connectivity index (χ2v) is 9.08. The van der Waals surface area contributed by atoms with E-state index in [0.717, 1.165) is 63.7 Å². The second kappa shape index (κ2) is 20.6. The van der Waals surface area contributed by atoms with Crippen molar-refractivity contribution in [2.24, 2.45) is 0 Å². The maximum absolute atomic E-state index is 10.7. The van der Waals surface area contributed by atoms with Gasteiger partial charge in [-0.3, -0.25) is 0 Å². The van der Waals surface area contributed by atoms with Crippen molar-refractivity contribution in [2.75, 3.05) is 13.2 Å². The number of aryl methyl sites for hydroxylation is 1. The first kappa shape index (κ1) is 30.2. The minimum absolute atomic E-state index is 0.00784. The smallest absolute Gasteiger partial charge is 0.504 e. The van der Waals surface area contributed by atoms with E-state index in [1.165, 1.54) is 57.4 Å². The fourth-order valence-corrected chi connectivity index (χ4v) is 3.98. The number of aromatic hydroxyl groups is 1. The van der Waals surface area contributed by atoms with Crippen molar-refractivity contribution in [3.8, 4) is 11.5 Å². The van der Waals surface area contributed by atoms with Crippen LogP contribution in [-0.4, -0.2) is 35.9 Å². The lowest BCUT2D eigenvalue weighted by Crippen LogP contribution is -2.19. The standard InChI is InChI=1S/C28H48O6/c1-3-5-7-11-15-22-32-26(33-23-16-12-8-6-4-2)21-14-10-9-13-18-24-19-17-20-25(27(24)29)34-28(30)31/h17,19-20,26,29H,3-16,18,21-23H2,1-2H3,(H,30,31). The van der Waals surface area contributed by atoms with Gasteiger partial charge in [0.1, 0.15) is 0 Å². The van der Waals surface area contributed by atoms with Crippen LogP contribution in [0.5, 0.6) is 11.5 Å². The lowest BCUT2D eigenvalue weighted by molar-refractivity contribution is -0.148. The van der Waals surface area contributed by atoms with E-state index in [-0.39, 0.29) is 17.8 Å². The molecule has 6 heteroatoms. The number of ether oxygens (including phenoxy) is 3. The summed E-state index contributed by atoms with van der Waals surface area (Å²) in [6.07, 6.45) is 16.5. The lowest BCUT2D eigenvalue weighted by atomic mass is 10.0. The summed E-state index contributed by atoms with van der Waals surface area (Å²) in [6, 6.07) is 4.97. The minimum Gasteiger partial charge on any atom is -0.504 e. The Balaban J connectivity index is 2.28. The molecule has 2 N–H and O–H groups in total. The maximum atomic E-state index is 10.7. The van der Waals surface area contributed by atoms with Gasteiger partial charge in [-0.15, -0.1) is 0 Å². The first-order valence-electron chi connectivity index (χ1n) is 13.5. The maximum Gasteiger partial charge on any atom is 0.511 e. The summed E-state index contributed by atoms with van der Waals surface area (Å²) in [5.41, 5.74) is 0.717. The normalized spacial score (nSPS) is 11.3. The molecule has 0 aliphatic carbocycles. The number of para-hydroxylation sites is 1. The third kappa shape index (κ3) is 15.2. The van der Waals surface area contributed by atoms with Crippen molar-refractivity contribution >= 4 is 6.16 Å². The molecule has 0 bridgehead atoms. The summed E-state index contributed by atoms with van der Waals surface area (Å²) >= 11 is 0. The number of hydrogen-bond acceptors (Lipinski definition) is 5. The first-order chi connectivity index (χ1) is 16.6. The van der Waals surface area contributed by atoms with Crippen LogP contribution in [0.4, 0.5) is 4.79 Å². The van der Waals surface area contributed by atoms with Gasteiger partial charge in [-0.1, -0.05) is 90.2 Å². The third-order valence-electron chi connectivity index (χ3n) is 6.02. The number of benzene rings is 1. The van der Waals surface area contributed by atoms with Crippen LogP contribution < -0.4 is 4.74 Å². The highest BCUT2D eigenvalue weighted by Crippen LogP contribution is 2.31. The van der Waals surface area contributed by atoms with Crippen LogP contribution in [0, 0.1) is 0 Å². The molecule has 0 spiro atoms. The molecule has 0 heterocycles. The molecule has 0 amide bonds. The van der Waals surface area contributed by atoms with Crippen LogP contribution in [0.25, 0.3) is 0 Å². The highest BCUT2D eigenvalue weighted by Gasteiger charge is 2.12. The van der Waals surface area contributed by atoms with E-state index in [1.54, 1.807) is 6.07 Å². The molecule has 1 aromatic carbocycles.